The number of rotatable bonds is 4. The molecule has 4 nitrogen and oxygen atoms in total. The molecule has 2 aromatic heterocycles. The van der Waals surface area contributed by atoms with Gasteiger partial charge in [-0.25, -0.2) is 0 Å². The number of hydrogen-bond donors (Lipinski definition) is 0. The largest absolute Gasteiger partial charge is 0.452 e. The minimum absolute atomic E-state index is 0.0543. The molecular formula is C14H15ClN2O2. The van der Waals surface area contributed by atoms with Gasteiger partial charge in [-0.1, -0.05) is 6.07 Å². The minimum atomic E-state index is -0.141. The number of amides is 1. The zero-order valence-electron chi connectivity index (χ0n) is 10.8. The maximum atomic E-state index is 12.4. The van der Waals surface area contributed by atoms with Crippen LogP contribution in [0, 0.1) is 0 Å². The van der Waals surface area contributed by atoms with Crippen LogP contribution in [-0.2, 0) is 6.54 Å². The summed E-state index contributed by atoms with van der Waals surface area (Å²) in [5, 5.41) is 0.127. The van der Waals surface area contributed by atoms with Gasteiger partial charge in [0.15, 0.2) is 0 Å². The molecule has 0 aliphatic heterocycles. The number of aromatic nitrogens is 1. The van der Waals surface area contributed by atoms with Gasteiger partial charge in [0, 0.05) is 25.0 Å². The molecule has 0 N–H and O–H groups in total. The van der Waals surface area contributed by atoms with Crippen molar-refractivity contribution in [1.29, 1.82) is 0 Å². The van der Waals surface area contributed by atoms with Gasteiger partial charge in [-0.15, -0.1) is 0 Å². The molecule has 0 saturated carbocycles. The smallest absolute Gasteiger partial charge is 0.259 e. The Labute approximate surface area is 117 Å². The average molecular weight is 279 g/mol. The Bertz CT molecular complexity index is 552. The van der Waals surface area contributed by atoms with Gasteiger partial charge < -0.3 is 9.32 Å². The van der Waals surface area contributed by atoms with E-state index < -0.39 is 0 Å². The number of nitrogens with zero attached hydrogens (tertiary/aromatic N) is 2. The van der Waals surface area contributed by atoms with E-state index in [1.165, 1.54) is 6.26 Å². The lowest BCUT2D eigenvalue weighted by Crippen LogP contribution is -2.36. The normalized spacial score (nSPS) is 10.7. The Morgan fingerprint density at radius 2 is 2.26 bits per heavy atom. The van der Waals surface area contributed by atoms with Gasteiger partial charge in [-0.05, 0) is 43.1 Å². The monoisotopic (exact) mass is 278 g/mol. The van der Waals surface area contributed by atoms with Crippen LogP contribution in [-0.4, -0.2) is 21.8 Å². The summed E-state index contributed by atoms with van der Waals surface area (Å²) in [7, 11) is 0. The zero-order valence-corrected chi connectivity index (χ0v) is 11.6. The van der Waals surface area contributed by atoms with E-state index in [-0.39, 0.29) is 17.2 Å². The van der Waals surface area contributed by atoms with Crippen LogP contribution in [0.4, 0.5) is 0 Å². The van der Waals surface area contributed by atoms with E-state index in [0.717, 1.165) is 5.56 Å². The fraction of sp³-hybridized carbons (Fsp3) is 0.286. The van der Waals surface area contributed by atoms with Crippen molar-refractivity contribution < 1.29 is 9.21 Å². The van der Waals surface area contributed by atoms with Crippen molar-refractivity contribution in [1.82, 2.24) is 9.88 Å². The molecule has 19 heavy (non-hydrogen) atoms. The number of pyridine rings is 1. The first-order chi connectivity index (χ1) is 9.09. The van der Waals surface area contributed by atoms with Gasteiger partial charge in [0.1, 0.15) is 0 Å². The van der Waals surface area contributed by atoms with Crippen LogP contribution in [0.25, 0.3) is 0 Å². The lowest BCUT2D eigenvalue weighted by Gasteiger charge is -2.26. The van der Waals surface area contributed by atoms with Crippen molar-refractivity contribution in [2.45, 2.75) is 26.4 Å². The van der Waals surface area contributed by atoms with Crippen LogP contribution < -0.4 is 0 Å². The van der Waals surface area contributed by atoms with Gasteiger partial charge in [-0.3, -0.25) is 9.78 Å². The van der Waals surface area contributed by atoms with Gasteiger partial charge in [0.25, 0.3) is 5.91 Å². The second kappa shape index (κ2) is 5.89. The van der Waals surface area contributed by atoms with E-state index >= 15 is 0 Å². The van der Waals surface area contributed by atoms with Crippen molar-refractivity contribution in [2.24, 2.45) is 0 Å². The lowest BCUT2D eigenvalue weighted by atomic mass is 10.2. The molecule has 0 radical (unpaired) electrons. The maximum Gasteiger partial charge on any atom is 0.259 e. The molecule has 2 aromatic rings. The molecule has 0 fully saturated rings. The topological polar surface area (TPSA) is 46.3 Å². The van der Waals surface area contributed by atoms with E-state index in [2.05, 4.69) is 4.98 Å². The average Bonchev–Trinajstić information content (AvgIpc) is 2.82. The highest BCUT2D eigenvalue weighted by molar-refractivity contribution is 6.32. The summed E-state index contributed by atoms with van der Waals surface area (Å²) in [5.41, 5.74) is 1.36. The van der Waals surface area contributed by atoms with E-state index in [9.17, 15) is 4.79 Å². The molecule has 100 valence electrons. The third-order valence-electron chi connectivity index (χ3n) is 2.81. The minimum Gasteiger partial charge on any atom is -0.452 e. The molecule has 0 saturated heterocycles. The first-order valence-electron chi connectivity index (χ1n) is 6.02. The van der Waals surface area contributed by atoms with E-state index in [1.807, 2.05) is 26.0 Å². The van der Waals surface area contributed by atoms with Crippen LogP contribution in [0.1, 0.15) is 29.8 Å². The summed E-state index contributed by atoms with van der Waals surface area (Å²) in [6.45, 7) is 4.41. The van der Waals surface area contributed by atoms with Crippen molar-refractivity contribution in [3.8, 4) is 0 Å². The molecule has 0 aliphatic carbocycles. The van der Waals surface area contributed by atoms with Crippen molar-refractivity contribution in [3.05, 3.63) is 53.2 Å². The standard InChI is InChI=1S/C14H15ClN2O2/c1-10(2)17(9-11-4-3-6-16-8-11)14(18)12-5-7-19-13(12)15/h3-8,10H,9H2,1-2H3. The quantitative estimate of drug-likeness (QED) is 0.861. The van der Waals surface area contributed by atoms with Gasteiger partial charge >= 0.3 is 0 Å². The molecule has 0 bridgehead atoms. The third-order valence-corrected chi connectivity index (χ3v) is 3.10. The fourth-order valence-electron chi connectivity index (χ4n) is 1.78. The van der Waals surface area contributed by atoms with Crippen LogP contribution in [0.2, 0.25) is 5.22 Å². The Balaban J connectivity index is 2.22. The number of carbonyl (C=O) groups excluding carboxylic acids is 1. The van der Waals surface area contributed by atoms with Gasteiger partial charge in [0.2, 0.25) is 5.22 Å². The van der Waals surface area contributed by atoms with Crippen molar-refractivity contribution in [2.75, 3.05) is 0 Å². The maximum absolute atomic E-state index is 12.4. The van der Waals surface area contributed by atoms with Crippen molar-refractivity contribution >= 4 is 17.5 Å². The number of carbonyl (C=O) groups is 1. The van der Waals surface area contributed by atoms with Crippen LogP contribution in [0.5, 0.6) is 0 Å². The first kappa shape index (κ1) is 13.6. The molecule has 1 amide bonds. The molecule has 2 heterocycles. The molecule has 0 aliphatic rings. The van der Waals surface area contributed by atoms with Gasteiger partial charge in [-0.2, -0.15) is 0 Å². The third kappa shape index (κ3) is 3.15. The van der Waals surface area contributed by atoms with Crippen LogP contribution in [0.3, 0.4) is 0 Å². The second-order valence-corrected chi connectivity index (χ2v) is 4.84. The summed E-state index contributed by atoms with van der Waals surface area (Å²) >= 11 is 5.86. The lowest BCUT2D eigenvalue weighted by molar-refractivity contribution is 0.0689. The van der Waals surface area contributed by atoms with E-state index in [0.29, 0.717) is 12.1 Å². The molecule has 5 heteroatoms. The van der Waals surface area contributed by atoms with E-state index in [4.69, 9.17) is 16.0 Å². The highest BCUT2D eigenvalue weighted by atomic mass is 35.5. The molecule has 2 rings (SSSR count). The highest BCUT2D eigenvalue weighted by Gasteiger charge is 2.22. The van der Waals surface area contributed by atoms with Crippen LogP contribution in [0.15, 0.2) is 41.3 Å². The molecular weight excluding hydrogens is 264 g/mol. The van der Waals surface area contributed by atoms with E-state index in [1.54, 1.807) is 23.4 Å². The Hall–Kier alpha value is -1.81. The predicted molar refractivity (Wildman–Crippen MR) is 73.0 cm³/mol. The van der Waals surface area contributed by atoms with Crippen LogP contribution >= 0.6 is 11.6 Å². The van der Waals surface area contributed by atoms with Crippen molar-refractivity contribution in [3.63, 3.8) is 0 Å². The predicted octanol–water partition coefficient (Wildman–Crippen LogP) is 3.38. The first-order valence-corrected chi connectivity index (χ1v) is 6.40. The molecule has 0 unspecified atom stereocenters. The Morgan fingerprint density at radius 1 is 1.47 bits per heavy atom. The number of hydrogen-bond acceptors (Lipinski definition) is 3. The summed E-state index contributed by atoms with van der Waals surface area (Å²) in [6, 6.07) is 5.43. The van der Waals surface area contributed by atoms with Gasteiger partial charge in [0.05, 0.1) is 11.8 Å². The molecule has 0 atom stereocenters. The SMILES string of the molecule is CC(C)N(Cc1cccnc1)C(=O)c1ccoc1Cl. The molecule has 0 aromatic carbocycles. The number of furan rings is 1. The summed E-state index contributed by atoms with van der Waals surface area (Å²) in [6.07, 6.45) is 4.87. The Morgan fingerprint density at radius 3 is 2.79 bits per heavy atom. The summed E-state index contributed by atoms with van der Waals surface area (Å²) < 4.78 is 4.97. The fourth-order valence-corrected chi connectivity index (χ4v) is 1.97. The molecule has 0 spiro atoms. The highest BCUT2D eigenvalue weighted by Crippen LogP contribution is 2.21. The summed E-state index contributed by atoms with van der Waals surface area (Å²) in [5.74, 6) is -0.141. The second-order valence-electron chi connectivity index (χ2n) is 4.50. The Kier molecular flexibility index (Phi) is 4.22. The zero-order chi connectivity index (χ0) is 13.8. The summed E-state index contributed by atoms with van der Waals surface area (Å²) in [4.78, 5) is 18.2. The number of halogens is 1.